The minimum Gasteiger partial charge on any atom is -0.266 e. The standard InChI is InChI=1S/C8H9N3.C3H8/c1-6-7-3-4-9-5-8(7)11(2)10-6;1-3-2/h3-5H,1-2H3;3H2,1-2H3. The molecule has 0 atom stereocenters. The van der Waals surface area contributed by atoms with Crippen molar-refractivity contribution in [1.82, 2.24) is 14.8 Å². The molecule has 2 aromatic rings. The summed E-state index contributed by atoms with van der Waals surface area (Å²) in [6, 6.07) is 1.98. The Morgan fingerprint density at radius 3 is 2.57 bits per heavy atom. The summed E-state index contributed by atoms with van der Waals surface area (Å²) >= 11 is 0. The molecule has 2 aromatic heterocycles. The van der Waals surface area contributed by atoms with Gasteiger partial charge >= 0.3 is 0 Å². The van der Waals surface area contributed by atoms with Gasteiger partial charge in [0.2, 0.25) is 0 Å². The lowest BCUT2D eigenvalue weighted by atomic mass is 10.3. The first-order valence-corrected chi connectivity index (χ1v) is 4.94. The lowest BCUT2D eigenvalue weighted by Gasteiger charge is -1.89. The highest BCUT2D eigenvalue weighted by Gasteiger charge is 2.01. The molecule has 0 saturated heterocycles. The fourth-order valence-corrected chi connectivity index (χ4v) is 1.28. The second-order valence-corrected chi connectivity index (χ2v) is 3.31. The third-order valence-corrected chi connectivity index (χ3v) is 1.84. The fourth-order valence-electron chi connectivity index (χ4n) is 1.28. The Morgan fingerprint density at radius 1 is 1.36 bits per heavy atom. The van der Waals surface area contributed by atoms with Crippen LogP contribution in [0.3, 0.4) is 0 Å². The van der Waals surface area contributed by atoms with Crippen molar-refractivity contribution in [2.75, 3.05) is 0 Å². The summed E-state index contributed by atoms with van der Waals surface area (Å²) in [7, 11) is 1.93. The van der Waals surface area contributed by atoms with Gasteiger partial charge in [-0.3, -0.25) is 9.67 Å². The van der Waals surface area contributed by atoms with Crippen LogP contribution in [0.2, 0.25) is 0 Å². The van der Waals surface area contributed by atoms with Crippen molar-refractivity contribution in [1.29, 1.82) is 0 Å². The van der Waals surface area contributed by atoms with Gasteiger partial charge in [-0.15, -0.1) is 0 Å². The van der Waals surface area contributed by atoms with E-state index in [0.717, 1.165) is 11.2 Å². The van der Waals surface area contributed by atoms with E-state index in [9.17, 15) is 0 Å². The number of aryl methyl sites for hydroxylation is 2. The van der Waals surface area contributed by atoms with Crippen molar-refractivity contribution in [3.8, 4) is 0 Å². The van der Waals surface area contributed by atoms with Crippen molar-refractivity contribution in [2.45, 2.75) is 27.2 Å². The van der Waals surface area contributed by atoms with E-state index in [1.54, 1.807) is 6.20 Å². The van der Waals surface area contributed by atoms with Gasteiger partial charge in [0.25, 0.3) is 0 Å². The first-order chi connectivity index (χ1) is 6.70. The van der Waals surface area contributed by atoms with Gasteiger partial charge in [-0.25, -0.2) is 0 Å². The highest BCUT2D eigenvalue weighted by molar-refractivity contribution is 5.80. The summed E-state index contributed by atoms with van der Waals surface area (Å²) in [5, 5.41) is 5.45. The molecular weight excluding hydrogens is 174 g/mol. The van der Waals surface area contributed by atoms with Crippen LogP contribution < -0.4 is 0 Å². The fraction of sp³-hybridized carbons (Fsp3) is 0.455. The highest BCUT2D eigenvalue weighted by atomic mass is 15.3. The van der Waals surface area contributed by atoms with Crippen LogP contribution in [0, 0.1) is 6.92 Å². The number of hydrogen-bond acceptors (Lipinski definition) is 2. The van der Waals surface area contributed by atoms with E-state index >= 15 is 0 Å². The first-order valence-electron chi connectivity index (χ1n) is 4.94. The van der Waals surface area contributed by atoms with Crippen LogP contribution in [0.5, 0.6) is 0 Å². The third-order valence-electron chi connectivity index (χ3n) is 1.84. The zero-order valence-electron chi connectivity index (χ0n) is 9.28. The molecule has 3 heteroatoms. The predicted molar refractivity (Wildman–Crippen MR) is 59.2 cm³/mol. The van der Waals surface area contributed by atoms with Crippen molar-refractivity contribution >= 4 is 10.9 Å². The summed E-state index contributed by atoms with van der Waals surface area (Å²) in [5.74, 6) is 0. The predicted octanol–water partition coefficient (Wildman–Crippen LogP) is 2.69. The SMILES string of the molecule is CCC.Cc1nn(C)c2cnccc12. The normalized spacial score (nSPS) is 9.71. The van der Waals surface area contributed by atoms with Gasteiger partial charge in [0.15, 0.2) is 0 Å². The second kappa shape index (κ2) is 4.74. The Balaban J connectivity index is 0.000000293. The van der Waals surface area contributed by atoms with E-state index in [2.05, 4.69) is 23.9 Å². The van der Waals surface area contributed by atoms with Crippen LogP contribution >= 0.6 is 0 Å². The molecule has 0 spiro atoms. The Morgan fingerprint density at radius 2 is 2.00 bits per heavy atom. The first kappa shape index (κ1) is 10.7. The Bertz CT molecular complexity index is 368. The van der Waals surface area contributed by atoms with E-state index < -0.39 is 0 Å². The van der Waals surface area contributed by atoms with E-state index in [-0.39, 0.29) is 0 Å². The van der Waals surface area contributed by atoms with Crippen LogP contribution in [-0.2, 0) is 7.05 Å². The molecule has 76 valence electrons. The molecule has 0 aliphatic heterocycles. The van der Waals surface area contributed by atoms with Crippen LogP contribution in [0.4, 0.5) is 0 Å². The summed E-state index contributed by atoms with van der Waals surface area (Å²) in [5.41, 5.74) is 2.15. The van der Waals surface area contributed by atoms with E-state index in [0.29, 0.717) is 0 Å². The summed E-state index contributed by atoms with van der Waals surface area (Å²) in [6.45, 7) is 6.25. The molecule has 3 nitrogen and oxygen atoms in total. The monoisotopic (exact) mass is 191 g/mol. The third kappa shape index (κ3) is 2.10. The number of rotatable bonds is 0. The summed E-state index contributed by atoms with van der Waals surface area (Å²) in [4.78, 5) is 4.03. The van der Waals surface area contributed by atoms with Crippen molar-refractivity contribution in [3.63, 3.8) is 0 Å². The zero-order chi connectivity index (χ0) is 10.6. The zero-order valence-corrected chi connectivity index (χ0v) is 9.28. The Hall–Kier alpha value is -1.38. The van der Waals surface area contributed by atoms with Gasteiger partial charge in [0.05, 0.1) is 17.4 Å². The van der Waals surface area contributed by atoms with Crippen LogP contribution in [-0.4, -0.2) is 14.8 Å². The highest BCUT2D eigenvalue weighted by Crippen LogP contribution is 2.14. The van der Waals surface area contributed by atoms with Crippen molar-refractivity contribution in [2.24, 2.45) is 7.05 Å². The van der Waals surface area contributed by atoms with Gasteiger partial charge in [-0.1, -0.05) is 20.3 Å². The van der Waals surface area contributed by atoms with Crippen LogP contribution in [0.25, 0.3) is 10.9 Å². The molecule has 0 unspecified atom stereocenters. The molecule has 0 aromatic carbocycles. The molecule has 0 fully saturated rings. The molecule has 0 radical (unpaired) electrons. The molecule has 0 saturated carbocycles. The lowest BCUT2D eigenvalue weighted by Crippen LogP contribution is -1.89. The summed E-state index contributed by atoms with van der Waals surface area (Å²) < 4.78 is 1.84. The van der Waals surface area contributed by atoms with Gasteiger partial charge in [0.1, 0.15) is 0 Å². The van der Waals surface area contributed by atoms with Gasteiger partial charge in [-0.05, 0) is 13.0 Å². The molecule has 0 amide bonds. The van der Waals surface area contributed by atoms with Crippen molar-refractivity contribution < 1.29 is 0 Å². The Kier molecular flexibility index (Phi) is 3.63. The topological polar surface area (TPSA) is 30.7 Å². The molecule has 2 rings (SSSR count). The molecule has 0 N–H and O–H groups in total. The number of aromatic nitrogens is 3. The van der Waals surface area contributed by atoms with E-state index in [1.807, 2.05) is 30.9 Å². The van der Waals surface area contributed by atoms with Gasteiger partial charge in [0, 0.05) is 18.6 Å². The number of fused-ring (bicyclic) bond motifs is 1. The maximum absolute atomic E-state index is 4.27. The average molecular weight is 191 g/mol. The van der Waals surface area contributed by atoms with Crippen molar-refractivity contribution in [3.05, 3.63) is 24.2 Å². The van der Waals surface area contributed by atoms with Crippen LogP contribution in [0.1, 0.15) is 26.0 Å². The second-order valence-electron chi connectivity index (χ2n) is 3.31. The van der Waals surface area contributed by atoms with Gasteiger partial charge in [-0.2, -0.15) is 5.10 Å². The smallest absolute Gasteiger partial charge is 0.0865 e. The van der Waals surface area contributed by atoms with E-state index in [4.69, 9.17) is 0 Å². The maximum Gasteiger partial charge on any atom is 0.0865 e. The molecule has 0 aliphatic carbocycles. The van der Waals surface area contributed by atoms with E-state index in [1.165, 1.54) is 11.8 Å². The molecule has 0 aliphatic rings. The number of pyridine rings is 1. The van der Waals surface area contributed by atoms with Gasteiger partial charge < -0.3 is 0 Å². The summed E-state index contributed by atoms with van der Waals surface area (Å²) in [6.07, 6.45) is 4.87. The molecule has 14 heavy (non-hydrogen) atoms. The van der Waals surface area contributed by atoms with Crippen LogP contribution in [0.15, 0.2) is 18.5 Å². The average Bonchev–Trinajstić information content (AvgIpc) is 2.45. The largest absolute Gasteiger partial charge is 0.266 e. The Labute approximate surface area is 84.8 Å². The lowest BCUT2D eigenvalue weighted by molar-refractivity contribution is 0.782. The minimum absolute atomic E-state index is 1.06. The quantitative estimate of drug-likeness (QED) is 0.641. The molecule has 0 bridgehead atoms. The molecular formula is C11H17N3. The number of hydrogen-bond donors (Lipinski definition) is 0. The molecule has 2 heterocycles. The minimum atomic E-state index is 1.06. The maximum atomic E-state index is 4.27. The number of nitrogens with zero attached hydrogens (tertiary/aromatic N) is 3.